The van der Waals surface area contributed by atoms with E-state index in [4.69, 9.17) is 5.11 Å². The van der Waals surface area contributed by atoms with Crippen molar-refractivity contribution in [3.63, 3.8) is 0 Å². The number of piperazine rings is 1. The molecule has 1 aromatic rings. The summed E-state index contributed by atoms with van der Waals surface area (Å²) in [6, 6.07) is 8.38. The zero-order valence-electron chi connectivity index (χ0n) is 17.2. The van der Waals surface area contributed by atoms with Crippen molar-refractivity contribution in [2.45, 2.75) is 57.5 Å². The number of aryl methyl sites for hydroxylation is 1. The highest BCUT2D eigenvalue weighted by Gasteiger charge is 2.38. The van der Waals surface area contributed by atoms with Gasteiger partial charge >= 0.3 is 5.97 Å². The fourth-order valence-electron chi connectivity index (χ4n) is 4.31. The van der Waals surface area contributed by atoms with Gasteiger partial charge in [0.15, 0.2) is 0 Å². The van der Waals surface area contributed by atoms with Crippen LogP contribution in [0.5, 0.6) is 0 Å². The van der Waals surface area contributed by atoms with Crippen molar-refractivity contribution in [1.29, 1.82) is 0 Å². The minimum absolute atomic E-state index is 0.00600. The Labute approximate surface area is 172 Å². The summed E-state index contributed by atoms with van der Waals surface area (Å²) in [5.41, 5.74) is 2.07. The van der Waals surface area contributed by atoms with Crippen molar-refractivity contribution < 1.29 is 19.5 Å². The molecule has 0 radical (unpaired) electrons. The number of amides is 2. The molecule has 158 valence electrons. The smallest absolute Gasteiger partial charge is 0.303 e. The number of carbonyl (C=O) groups excluding carboxylic acids is 2. The number of hydrogen-bond donors (Lipinski definition) is 2. The fraction of sp³-hybridized carbons (Fsp3) is 0.591. The molecule has 2 heterocycles. The highest BCUT2D eigenvalue weighted by Crippen LogP contribution is 2.30. The lowest BCUT2D eigenvalue weighted by atomic mass is 9.86. The third-order valence-corrected chi connectivity index (χ3v) is 6.25. The molecular weight excluding hydrogens is 370 g/mol. The lowest BCUT2D eigenvalue weighted by molar-refractivity contribution is -0.137. The van der Waals surface area contributed by atoms with Crippen LogP contribution in [0.25, 0.3) is 0 Å². The maximum Gasteiger partial charge on any atom is 0.303 e. The van der Waals surface area contributed by atoms with Crippen LogP contribution in [0.4, 0.5) is 0 Å². The Kier molecular flexibility index (Phi) is 6.90. The van der Waals surface area contributed by atoms with E-state index < -0.39 is 11.5 Å². The maximum absolute atomic E-state index is 12.7. The molecule has 29 heavy (non-hydrogen) atoms. The summed E-state index contributed by atoms with van der Waals surface area (Å²) in [6.45, 7) is 6.14. The van der Waals surface area contributed by atoms with E-state index in [9.17, 15) is 14.4 Å². The summed E-state index contributed by atoms with van der Waals surface area (Å²) in [7, 11) is 0. The number of carboxylic acids is 1. The van der Waals surface area contributed by atoms with Gasteiger partial charge in [-0.3, -0.25) is 19.3 Å². The van der Waals surface area contributed by atoms with Crippen molar-refractivity contribution in [1.82, 2.24) is 15.1 Å². The van der Waals surface area contributed by atoms with Gasteiger partial charge in [0.25, 0.3) is 0 Å². The second-order valence-corrected chi connectivity index (χ2v) is 8.31. The first-order valence-electron chi connectivity index (χ1n) is 10.4. The number of nitrogens with zero attached hydrogens (tertiary/aromatic N) is 2. The van der Waals surface area contributed by atoms with Crippen LogP contribution in [0.15, 0.2) is 24.3 Å². The third-order valence-electron chi connectivity index (χ3n) is 6.25. The molecule has 0 aromatic heterocycles. The van der Waals surface area contributed by atoms with E-state index in [1.54, 1.807) is 0 Å². The molecule has 2 aliphatic heterocycles. The minimum atomic E-state index is -0.873. The van der Waals surface area contributed by atoms with E-state index in [0.29, 0.717) is 45.2 Å². The number of nitrogens with one attached hydrogen (secondary N) is 1. The first kappa shape index (κ1) is 21.3. The molecule has 2 N–H and O–H groups in total. The lowest BCUT2D eigenvalue weighted by Crippen LogP contribution is -2.49. The first-order valence-corrected chi connectivity index (χ1v) is 10.4. The number of carboxylic acid groups (broad SMARTS) is 1. The average Bonchev–Trinajstić information content (AvgIpc) is 3.08. The van der Waals surface area contributed by atoms with Gasteiger partial charge in [-0.15, -0.1) is 0 Å². The quantitative estimate of drug-likeness (QED) is 0.695. The molecule has 0 saturated carbocycles. The number of aliphatic carboxylic acids is 1. The number of hydrogen-bond acceptors (Lipinski definition) is 4. The van der Waals surface area contributed by atoms with E-state index in [1.807, 2.05) is 11.0 Å². The van der Waals surface area contributed by atoms with Gasteiger partial charge < -0.3 is 15.3 Å². The van der Waals surface area contributed by atoms with Crippen molar-refractivity contribution in [3.8, 4) is 0 Å². The second kappa shape index (κ2) is 9.39. The van der Waals surface area contributed by atoms with Gasteiger partial charge in [-0.25, -0.2) is 0 Å². The topological polar surface area (TPSA) is 90.0 Å². The van der Waals surface area contributed by atoms with Crippen LogP contribution in [-0.2, 0) is 20.9 Å². The molecule has 2 saturated heterocycles. The predicted molar refractivity (Wildman–Crippen MR) is 109 cm³/mol. The van der Waals surface area contributed by atoms with Crippen LogP contribution in [0.2, 0.25) is 0 Å². The van der Waals surface area contributed by atoms with E-state index in [0.717, 1.165) is 19.6 Å². The third kappa shape index (κ3) is 5.79. The van der Waals surface area contributed by atoms with Crippen LogP contribution >= 0.6 is 0 Å². The predicted octanol–water partition coefficient (Wildman–Crippen LogP) is 1.93. The second-order valence-electron chi connectivity index (χ2n) is 8.31. The van der Waals surface area contributed by atoms with Gasteiger partial charge in [0.05, 0.1) is 0 Å². The molecule has 3 rings (SSSR count). The molecule has 0 spiro atoms. The summed E-state index contributed by atoms with van der Waals surface area (Å²) in [6.07, 6.45) is 2.26. The Morgan fingerprint density at radius 2 is 1.79 bits per heavy atom. The largest absolute Gasteiger partial charge is 0.481 e. The summed E-state index contributed by atoms with van der Waals surface area (Å²) in [5, 5.41) is 11.9. The van der Waals surface area contributed by atoms with Gasteiger partial charge in [0.2, 0.25) is 11.8 Å². The monoisotopic (exact) mass is 401 g/mol. The minimum Gasteiger partial charge on any atom is -0.481 e. The standard InChI is InChI=1S/C22H31N3O4/c1-17-4-2-3-5-18(17)16-24-12-14-25(15-13-24)20(27)7-10-22(11-8-21(28)29)9-6-19(26)23-22/h2-5H,6-16H2,1H3,(H,23,26)(H,28,29)/t22-/m0/s1. The van der Waals surface area contributed by atoms with E-state index in [-0.39, 0.29) is 18.2 Å². The van der Waals surface area contributed by atoms with E-state index in [2.05, 4.69) is 35.3 Å². The van der Waals surface area contributed by atoms with Gasteiger partial charge in [-0.2, -0.15) is 0 Å². The molecule has 2 aliphatic rings. The molecule has 0 aliphatic carbocycles. The molecule has 7 heteroatoms. The van der Waals surface area contributed by atoms with Crippen LogP contribution in [0.1, 0.15) is 49.7 Å². The molecule has 2 amide bonds. The summed E-state index contributed by atoms with van der Waals surface area (Å²) >= 11 is 0. The van der Waals surface area contributed by atoms with Crippen molar-refractivity contribution >= 4 is 17.8 Å². The van der Waals surface area contributed by atoms with E-state index in [1.165, 1.54) is 11.1 Å². The summed E-state index contributed by atoms with van der Waals surface area (Å²) < 4.78 is 0. The lowest BCUT2D eigenvalue weighted by Gasteiger charge is -2.36. The number of rotatable bonds is 8. The first-order chi connectivity index (χ1) is 13.9. The summed E-state index contributed by atoms with van der Waals surface area (Å²) in [4.78, 5) is 39.6. The highest BCUT2D eigenvalue weighted by molar-refractivity contribution is 5.80. The Morgan fingerprint density at radius 3 is 2.41 bits per heavy atom. The van der Waals surface area contributed by atoms with Crippen LogP contribution < -0.4 is 5.32 Å². The Balaban J connectivity index is 1.47. The average molecular weight is 402 g/mol. The zero-order chi connectivity index (χ0) is 20.9. The van der Waals surface area contributed by atoms with Gasteiger partial charge in [0.1, 0.15) is 0 Å². The molecule has 1 aromatic carbocycles. The number of carbonyl (C=O) groups is 3. The summed E-state index contributed by atoms with van der Waals surface area (Å²) in [5.74, 6) is -0.828. The zero-order valence-corrected chi connectivity index (χ0v) is 17.2. The highest BCUT2D eigenvalue weighted by atomic mass is 16.4. The molecule has 1 atom stereocenters. The van der Waals surface area contributed by atoms with Gasteiger partial charge in [0, 0.05) is 57.5 Å². The molecule has 2 fully saturated rings. The molecular formula is C22H31N3O4. The van der Waals surface area contributed by atoms with Gasteiger partial charge in [-0.1, -0.05) is 24.3 Å². The van der Waals surface area contributed by atoms with Crippen LogP contribution in [-0.4, -0.2) is 64.4 Å². The molecule has 0 unspecified atom stereocenters. The van der Waals surface area contributed by atoms with Gasteiger partial charge in [-0.05, 0) is 37.3 Å². The number of benzene rings is 1. The maximum atomic E-state index is 12.7. The Morgan fingerprint density at radius 1 is 1.10 bits per heavy atom. The van der Waals surface area contributed by atoms with Crippen molar-refractivity contribution in [2.24, 2.45) is 0 Å². The van der Waals surface area contributed by atoms with Crippen molar-refractivity contribution in [2.75, 3.05) is 26.2 Å². The normalized spacial score (nSPS) is 22.5. The Hall–Kier alpha value is -2.41. The van der Waals surface area contributed by atoms with Crippen molar-refractivity contribution in [3.05, 3.63) is 35.4 Å². The van der Waals surface area contributed by atoms with Crippen LogP contribution in [0, 0.1) is 6.92 Å². The SMILES string of the molecule is Cc1ccccc1CN1CCN(C(=O)CC[C@]2(CCC(=O)O)CCC(=O)N2)CC1. The van der Waals surface area contributed by atoms with Crippen LogP contribution in [0.3, 0.4) is 0 Å². The molecule has 0 bridgehead atoms. The fourth-order valence-corrected chi connectivity index (χ4v) is 4.31. The Bertz CT molecular complexity index is 758. The molecule has 7 nitrogen and oxygen atoms in total. The van der Waals surface area contributed by atoms with E-state index >= 15 is 0 Å².